The first-order chi connectivity index (χ1) is 11.1. The van der Waals surface area contributed by atoms with E-state index >= 15 is 0 Å². The lowest BCUT2D eigenvalue weighted by Crippen LogP contribution is -2.50. The van der Waals surface area contributed by atoms with Crippen molar-refractivity contribution in [2.45, 2.75) is 25.2 Å². The van der Waals surface area contributed by atoms with Gasteiger partial charge in [0.1, 0.15) is 5.82 Å². The molecule has 0 unspecified atom stereocenters. The van der Waals surface area contributed by atoms with Crippen LogP contribution in [0.2, 0.25) is 5.02 Å². The van der Waals surface area contributed by atoms with Crippen molar-refractivity contribution in [2.24, 2.45) is 0 Å². The number of hydrogen-bond acceptors (Lipinski definition) is 4. The summed E-state index contributed by atoms with van der Waals surface area (Å²) >= 11 is 6.00. The molecule has 120 valence electrons. The second kappa shape index (κ2) is 5.58. The van der Waals surface area contributed by atoms with Gasteiger partial charge in [-0.2, -0.15) is 0 Å². The second-order valence-corrected chi connectivity index (χ2v) is 6.16. The lowest BCUT2D eigenvalue weighted by atomic mass is 9.99. The van der Waals surface area contributed by atoms with Crippen LogP contribution in [0.15, 0.2) is 24.4 Å². The van der Waals surface area contributed by atoms with Crippen LogP contribution >= 0.6 is 11.6 Å². The fourth-order valence-electron chi connectivity index (χ4n) is 3.20. The average Bonchev–Trinajstić information content (AvgIpc) is 3.03. The van der Waals surface area contributed by atoms with Gasteiger partial charge in [-0.3, -0.25) is 4.79 Å². The zero-order valence-electron chi connectivity index (χ0n) is 12.2. The van der Waals surface area contributed by atoms with E-state index in [1.165, 1.54) is 12.1 Å². The highest BCUT2D eigenvalue weighted by Gasteiger charge is 2.38. The number of aromatic nitrogens is 3. The van der Waals surface area contributed by atoms with Crippen LogP contribution in [0.3, 0.4) is 0 Å². The maximum Gasteiger partial charge on any atom is 0.255 e. The number of ether oxygens (including phenoxy) is 1. The van der Waals surface area contributed by atoms with E-state index in [-0.39, 0.29) is 23.1 Å². The molecule has 0 spiro atoms. The Morgan fingerprint density at radius 1 is 1.43 bits per heavy atom. The van der Waals surface area contributed by atoms with E-state index in [9.17, 15) is 9.18 Å². The third kappa shape index (κ3) is 2.49. The van der Waals surface area contributed by atoms with Crippen molar-refractivity contribution in [1.82, 2.24) is 19.9 Å². The summed E-state index contributed by atoms with van der Waals surface area (Å²) in [6.45, 7) is 1.53. The first-order valence-electron chi connectivity index (χ1n) is 7.38. The lowest BCUT2D eigenvalue weighted by Gasteiger charge is -2.41. The Morgan fingerprint density at radius 3 is 3.13 bits per heavy atom. The number of carbonyl (C=O) groups is 1. The maximum absolute atomic E-state index is 13.2. The van der Waals surface area contributed by atoms with E-state index in [2.05, 4.69) is 10.3 Å². The molecule has 0 bridgehead atoms. The van der Waals surface area contributed by atoms with Crippen LogP contribution in [-0.4, -0.2) is 45.0 Å². The van der Waals surface area contributed by atoms with E-state index in [0.717, 1.165) is 11.8 Å². The molecule has 1 amide bonds. The van der Waals surface area contributed by atoms with Gasteiger partial charge in [0.15, 0.2) is 0 Å². The lowest BCUT2D eigenvalue weighted by molar-refractivity contribution is -0.0605. The van der Waals surface area contributed by atoms with Gasteiger partial charge in [0.05, 0.1) is 41.2 Å². The Kier molecular flexibility index (Phi) is 3.54. The van der Waals surface area contributed by atoms with Gasteiger partial charge < -0.3 is 9.64 Å². The number of hydrogen-bond donors (Lipinski definition) is 0. The summed E-state index contributed by atoms with van der Waals surface area (Å²) in [6, 6.07) is 3.76. The van der Waals surface area contributed by atoms with Crippen LogP contribution in [0.1, 0.15) is 28.5 Å². The number of piperidine rings is 1. The standard InChI is InChI=1S/C15H14ClFN4O2/c16-12-5-9(17)1-2-11(12)15(22)20-4-3-14-13(7-20)21-10(8-23-14)6-18-19-21/h1-2,5-6,13-14H,3-4,7-8H2/t13-,14-/m1/s1. The smallest absolute Gasteiger partial charge is 0.255 e. The number of amides is 1. The number of nitrogens with zero attached hydrogens (tertiary/aromatic N) is 4. The zero-order valence-corrected chi connectivity index (χ0v) is 12.9. The first-order valence-corrected chi connectivity index (χ1v) is 7.76. The molecular weight excluding hydrogens is 323 g/mol. The first kappa shape index (κ1) is 14.6. The average molecular weight is 337 g/mol. The molecule has 23 heavy (non-hydrogen) atoms. The minimum absolute atomic E-state index is 0.0249. The Labute approximate surface area is 136 Å². The molecule has 4 rings (SSSR count). The summed E-state index contributed by atoms with van der Waals surface area (Å²) in [5, 5.41) is 8.15. The number of carbonyl (C=O) groups excluding carboxylic acids is 1. The topological polar surface area (TPSA) is 60.3 Å². The van der Waals surface area contributed by atoms with Crippen LogP contribution in [0.4, 0.5) is 4.39 Å². The number of likely N-dealkylation sites (tertiary alicyclic amines) is 1. The van der Waals surface area contributed by atoms with Gasteiger partial charge in [0.25, 0.3) is 5.91 Å². The SMILES string of the molecule is O=C(c1ccc(F)cc1Cl)N1CC[C@H]2OCc3cnnn3[C@@H]2C1. The van der Waals surface area contributed by atoms with Gasteiger partial charge in [-0.1, -0.05) is 16.8 Å². The fraction of sp³-hybridized carbons (Fsp3) is 0.400. The van der Waals surface area contributed by atoms with Crippen LogP contribution in [0.25, 0.3) is 0 Å². The third-order valence-corrected chi connectivity index (χ3v) is 4.69. The summed E-state index contributed by atoms with van der Waals surface area (Å²) < 4.78 is 20.8. The van der Waals surface area contributed by atoms with Gasteiger partial charge in [-0.15, -0.1) is 5.10 Å². The molecule has 1 aromatic heterocycles. The zero-order chi connectivity index (χ0) is 16.0. The van der Waals surface area contributed by atoms with Crippen molar-refractivity contribution >= 4 is 17.5 Å². The van der Waals surface area contributed by atoms with E-state index < -0.39 is 5.82 Å². The van der Waals surface area contributed by atoms with Crippen molar-refractivity contribution in [2.75, 3.05) is 13.1 Å². The van der Waals surface area contributed by atoms with Gasteiger partial charge in [0.2, 0.25) is 0 Å². The Hall–Kier alpha value is -1.99. The molecule has 1 aromatic carbocycles. The number of benzene rings is 1. The highest BCUT2D eigenvalue weighted by molar-refractivity contribution is 6.33. The van der Waals surface area contributed by atoms with E-state index in [0.29, 0.717) is 31.7 Å². The minimum atomic E-state index is -0.460. The third-order valence-electron chi connectivity index (χ3n) is 4.38. The van der Waals surface area contributed by atoms with E-state index in [1.54, 1.807) is 11.1 Å². The molecule has 6 nitrogen and oxygen atoms in total. The summed E-state index contributed by atoms with van der Waals surface area (Å²) in [5.74, 6) is -0.668. The van der Waals surface area contributed by atoms with E-state index in [1.807, 2.05) is 4.68 Å². The fourth-order valence-corrected chi connectivity index (χ4v) is 3.44. The Bertz CT molecular complexity index is 766. The van der Waals surface area contributed by atoms with Crippen molar-refractivity contribution in [3.63, 3.8) is 0 Å². The molecule has 3 heterocycles. The summed E-state index contributed by atoms with van der Waals surface area (Å²) in [7, 11) is 0. The van der Waals surface area contributed by atoms with Crippen molar-refractivity contribution in [3.05, 3.63) is 46.5 Å². The Morgan fingerprint density at radius 2 is 2.30 bits per heavy atom. The molecule has 2 aliphatic heterocycles. The van der Waals surface area contributed by atoms with Gasteiger partial charge in [-0.25, -0.2) is 9.07 Å². The largest absolute Gasteiger partial charge is 0.370 e. The second-order valence-electron chi connectivity index (χ2n) is 5.75. The van der Waals surface area contributed by atoms with Crippen molar-refractivity contribution in [1.29, 1.82) is 0 Å². The number of halogens is 2. The predicted octanol–water partition coefficient (Wildman–Crippen LogP) is 2.06. The number of fused-ring (bicyclic) bond motifs is 3. The highest BCUT2D eigenvalue weighted by Crippen LogP contribution is 2.31. The molecule has 2 atom stereocenters. The quantitative estimate of drug-likeness (QED) is 0.799. The number of rotatable bonds is 1. The summed E-state index contributed by atoms with van der Waals surface area (Å²) in [6.07, 6.45) is 2.42. The molecule has 2 aliphatic rings. The highest BCUT2D eigenvalue weighted by atomic mass is 35.5. The predicted molar refractivity (Wildman–Crippen MR) is 79.6 cm³/mol. The summed E-state index contributed by atoms with van der Waals surface area (Å²) in [5.41, 5.74) is 1.21. The van der Waals surface area contributed by atoms with Crippen LogP contribution < -0.4 is 0 Å². The van der Waals surface area contributed by atoms with Crippen LogP contribution in [0.5, 0.6) is 0 Å². The monoisotopic (exact) mass is 336 g/mol. The molecule has 0 radical (unpaired) electrons. The van der Waals surface area contributed by atoms with Crippen molar-refractivity contribution < 1.29 is 13.9 Å². The summed E-state index contributed by atoms with van der Waals surface area (Å²) in [4.78, 5) is 14.4. The molecule has 0 aliphatic carbocycles. The van der Waals surface area contributed by atoms with Crippen molar-refractivity contribution in [3.8, 4) is 0 Å². The molecule has 1 saturated heterocycles. The molecule has 8 heteroatoms. The Balaban J connectivity index is 1.59. The molecular formula is C15H14ClFN4O2. The minimum Gasteiger partial charge on any atom is -0.370 e. The molecule has 0 N–H and O–H groups in total. The molecule has 1 fully saturated rings. The maximum atomic E-state index is 13.2. The van der Waals surface area contributed by atoms with Gasteiger partial charge >= 0.3 is 0 Å². The van der Waals surface area contributed by atoms with Crippen LogP contribution in [-0.2, 0) is 11.3 Å². The molecule has 0 saturated carbocycles. The van der Waals surface area contributed by atoms with E-state index in [4.69, 9.17) is 16.3 Å². The molecule has 2 aromatic rings. The normalized spacial score (nSPS) is 23.3. The van der Waals surface area contributed by atoms with Crippen LogP contribution in [0, 0.1) is 5.82 Å². The van der Waals surface area contributed by atoms with Gasteiger partial charge in [0, 0.05) is 13.1 Å². The van der Waals surface area contributed by atoms with Gasteiger partial charge in [-0.05, 0) is 24.6 Å².